The third-order valence-electron chi connectivity index (χ3n) is 10.8. The Hall–Kier alpha value is -4.68. The molecule has 0 aromatic carbocycles. The fraction of sp³-hybridized carbons (Fsp3) is 0.462. The van der Waals surface area contributed by atoms with E-state index in [4.69, 9.17) is 21.1 Å². The van der Waals surface area contributed by atoms with Gasteiger partial charge in [-0.15, -0.1) is 22.7 Å². The normalized spacial score (nSPS) is 22.3. The Morgan fingerprint density at radius 2 is 1.28 bits per heavy atom. The first-order valence-electron chi connectivity index (χ1n) is 19.3. The molecule has 18 heteroatoms. The average molecular weight is 830 g/mol. The van der Waals surface area contributed by atoms with Crippen molar-refractivity contribution >= 4 is 83.8 Å². The van der Waals surface area contributed by atoms with Crippen LogP contribution in [-0.4, -0.2) is 125 Å². The van der Waals surface area contributed by atoms with Crippen molar-refractivity contribution in [2.24, 2.45) is 0 Å². The van der Waals surface area contributed by atoms with Crippen molar-refractivity contribution in [3.8, 4) is 0 Å². The lowest BCUT2D eigenvalue weighted by molar-refractivity contribution is -0.0586. The van der Waals surface area contributed by atoms with Crippen molar-refractivity contribution in [2.45, 2.75) is 78.0 Å². The zero-order chi connectivity index (χ0) is 39.4. The van der Waals surface area contributed by atoms with E-state index < -0.39 is 0 Å². The van der Waals surface area contributed by atoms with E-state index in [1.54, 1.807) is 35.2 Å². The number of fused-ring (bicyclic) bond motifs is 7. The van der Waals surface area contributed by atoms with Gasteiger partial charge in [-0.3, -0.25) is 0 Å². The van der Waals surface area contributed by atoms with Gasteiger partial charge in [-0.2, -0.15) is 5.10 Å². The van der Waals surface area contributed by atoms with E-state index in [0.717, 1.165) is 50.3 Å². The zero-order valence-corrected chi connectivity index (χ0v) is 34.6. The molecule has 2 saturated heterocycles. The van der Waals surface area contributed by atoms with Crippen LogP contribution in [0.25, 0.3) is 25.9 Å². The fourth-order valence-electron chi connectivity index (χ4n) is 8.44. The summed E-state index contributed by atoms with van der Waals surface area (Å²) < 4.78 is 13.3. The molecule has 0 spiro atoms. The highest BCUT2D eigenvalue weighted by atomic mass is 35.5. The van der Waals surface area contributed by atoms with Crippen LogP contribution in [0, 0.1) is 0 Å². The Labute approximate surface area is 342 Å². The number of aromatic nitrogens is 6. The SMILES string of the molecule is C[C@@H]1CN(C(=O)N2CCc3c(sc4ncnc(Cl)c34)C2)C[C@H](C)O1.C[C@@H]1CN(C(=O)N2CCc3c(sc4ncnc(Nc5ccn6nccc6c5)c34)C2)C[C@H](C)O1. The molecule has 1 N–H and O–H groups in total. The van der Waals surface area contributed by atoms with Crippen LogP contribution >= 0.6 is 34.3 Å². The molecule has 4 amide bonds. The number of halogens is 1. The molecule has 10 heterocycles. The van der Waals surface area contributed by atoms with Crippen molar-refractivity contribution in [1.29, 1.82) is 0 Å². The summed E-state index contributed by atoms with van der Waals surface area (Å²) in [5, 5.41) is 10.3. The molecule has 4 aliphatic heterocycles. The number of carbonyl (C=O) groups excluding carboxylic acids is 2. The number of thiophene rings is 2. The smallest absolute Gasteiger partial charge is 0.320 e. The van der Waals surface area contributed by atoms with E-state index in [-0.39, 0.29) is 36.5 Å². The summed E-state index contributed by atoms with van der Waals surface area (Å²) in [5.41, 5.74) is 4.41. The summed E-state index contributed by atoms with van der Waals surface area (Å²) >= 11 is 9.51. The lowest BCUT2D eigenvalue weighted by atomic mass is 10.0. The van der Waals surface area contributed by atoms with E-state index in [0.29, 0.717) is 57.5 Å². The lowest BCUT2D eigenvalue weighted by Crippen LogP contribution is -2.53. The number of amides is 4. The number of urea groups is 2. The molecule has 4 atom stereocenters. The van der Waals surface area contributed by atoms with Gasteiger partial charge in [0.05, 0.1) is 53.8 Å². The second-order valence-electron chi connectivity index (χ2n) is 15.2. The van der Waals surface area contributed by atoms with Crippen LogP contribution in [0.15, 0.2) is 43.2 Å². The molecule has 0 aliphatic carbocycles. The number of nitrogens with zero attached hydrogens (tertiary/aromatic N) is 10. The Bertz CT molecular complexity index is 2450. The third kappa shape index (κ3) is 7.58. The number of rotatable bonds is 2. The maximum Gasteiger partial charge on any atom is 0.320 e. The Balaban J connectivity index is 0.000000156. The lowest BCUT2D eigenvalue weighted by Gasteiger charge is -2.39. The van der Waals surface area contributed by atoms with E-state index in [1.807, 2.05) is 76.2 Å². The molecule has 0 bridgehead atoms. The standard InChI is InChI=1S/C23H25N7O2S.C16H19ClN4O2S/c1-14-10-29(11-15(2)32-14)23(31)28-7-5-18-19(12-28)33-22-20(18)21(24-13-25-22)27-16-4-8-30-17(9-16)3-6-26-30;1-9-5-21(6-10(2)23-9)16(22)20-4-3-11-12(7-20)24-15-13(11)14(17)18-8-19-15/h3-4,6,8-9,13-15H,5,7,10-12H2,1-2H3,(H,24,25,27);8-10H,3-7H2,1-2H3/t14-,15+;9-,10+. The van der Waals surface area contributed by atoms with Crippen LogP contribution in [0.5, 0.6) is 0 Å². The van der Waals surface area contributed by atoms with Crippen LogP contribution in [0.3, 0.4) is 0 Å². The predicted molar refractivity (Wildman–Crippen MR) is 220 cm³/mol. The summed E-state index contributed by atoms with van der Waals surface area (Å²) in [4.78, 5) is 55.5. The molecule has 6 aromatic rings. The number of morpholine rings is 2. The molecular weight excluding hydrogens is 786 g/mol. The molecule has 57 heavy (non-hydrogen) atoms. The largest absolute Gasteiger partial charge is 0.372 e. The Morgan fingerprint density at radius 1 is 0.737 bits per heavy atom. The van der Waals surface area contributed by atoms with Crippen molar-refractivity contribution in [2.75, 3.05) is 44.6 Å². The number of anilines is 2. The van der Waals surface area contributed by atoms with Crippen LogP contribution in [0.1, 0.15) is 48.6 Å². The average Bonchev–Trinajstić information content (AvgIpc) is 3.92. The van der Waals surface area contributed by atoms with Gasteiger partial charge in [0, 0.05) is 67.1 Å². The third-order valence-corrected chi connectivity index (χ3v) is 13.3. The zero-order valence-electron chi connectivity index (χ0n) is 32.2. The molecule has 15 nitrogen and oxygen atoms in total. The minimum atomic E-state index is 0.0630. The first-order chi connectivity index (χ1) is 27.6. The molecule has 4 aliphatic rings. The van der Waals surface area contributed by atoms with Crippen molar-refractivity contribution in [1.82, 2.24) is 49.1 Å². The minimum absolute atomic E-state index is 0.0630. The van der Waals surface area contributed by atoms with Gasteiger partial charge in [-0.05, 0) is 69.9 Å². The fourth-order valence-corrected chi connectivity index (χ4v) is 11.2. The van der Waals surface area contributed by atoms with Gasteiger partial charge in [-0.1, -0.05) is 11.6 Å². The summed E-state index contributed by atoms with van der Waals surface area (Å²) in [6.45, 7) is 13.3. The molecule has 10 rings (SSSR count). The van der Waals surface area contributed by atoms with Crippen LogP contribution < -0.4 is 5.32 Å². The molecule has 0 unspecified atom stereocenters. The van der Waals surface area contributed by atoms with Gasteiger partial charge in [0.25, 0.3) is 0 Å². The summed E-state index contributed by atoms with van der Waals surface area (Å²) in [6, 6.07) is 6.19. The van der Waals surface area contributed by atoms with Crippen LogP contribution in [0.4, 0.5) is 21.1 Å². The van der Waals surface area contributed by atoms with E-state index >= 15 is 0 Å². The van der Waals surface area contributed by atoms with E-state index in [2.05, 4.69) is 30.4 Å². The first kappa shape index (κ1) is 37.9. The number of pyridine rings is 1. The number of hydrogen-bond acceptors (Lipinski definition) is 12. The molecular formula is C39H44ClN11O4S2. The Morgan fingerprint density at radius 3 is 1.88 bits per heavy atom. The Kier molecular flexibility index (Phi) is 10.4. The maximum absolute atomic E-state index is 13.2. The highest BCUT2D eigenvalue weighted by Crippen LogP contribution is 2.39. The number of carbonyl (C=O) groups is 2. The topological polar surface area (TPSA) is 146 Å². The van der Waals surface area contributed by atoms with Gasteiger partial charge in [0.15, 0.2) is 0 Å². The molecule has 2 fully saturated rings. The van der Waals surface area contributed by atoms with Crippen LogP contribution in [0.2, 0.25) is 5.15 Å². The van der Waals surface area contributed by atoms with E-state index in [1.165, 1.54) is 27.2 Å². The quantitative estimate of drug-likeness (QED) is 0.190. The molecule has 6 aromatic heterocycles. The monoisotopic (exact) mass is 829 g/mol. The number of nitrogens with one attached hydrogen (secondary N) is 1. The first-order valence-corrected chi connectivity index (χ1v) is 21.3. The van der Waals surface area contributed by atoms with E-state index in [9.17, 15) is 9.59 Å². The van der Waals surface area contributed by atoms with Gasteiger partial charge in [0.1, 0.15) is 33.3 Å². The maximum atomic E-state index is 13.2. The highest BCUT2D eigenvalue weighted by Gasteiger charge is 2.34. The second kappa shape index (κ2) is 15.6. The predicted octanol–water partition coefficient (Wildman–Crippen LogP) is 6.60. The van der Waals surface area contributed by atoms with Crippen LogP contribution in [-0.2, 0) is 35.4 Å². The highest BCUT2D eigenvalue weighted by molar-refractivity contribution is 7.19. The summed E-state index contributed by atoms with van der Waals surface area (Å²) in [7, 11) is 0. The van der Waals surface area contributed by atoms with Gasteiger partial charge >= 0.3 is 12.1 Å². The molecule has 0 saturated carbocycles. The van der Waals surface area contributed by atoms with Crippen molar-refractivity contribution < 1.29 is 19.1 Å². The molecule has 0 radical (unpaired) electrons. The number of ether oxygens (including phenoxy) is 2. The molecule has 298 valence electrons. The van der Waals surface area contributed by atoms with Gasteiger partial charge in [-0.25, -0.2) is 34.0 Å². The van der Waals surface area contributed by atoms with Crippen molar-refractivity contribution in [3.63, 3.8) is 0 Å². The van der Waals surface area contributed by atoms with Crippen molar-refractivity contribution in [3.05, 3.63) is 69.3 Å². The number of hydrogen-bond donors (Lipinski definition) is 1. The minimum Gasteiger partial charge on any atom is -0.372 e. The summed E-state index contributed by atoms with van der Waals surface area (Å²) in [6.07, 6.45) is 8.67. The second-order valence-corrected chi connectivity index (χ2v) is 17.8. The van der Waals surface area contributed by atoms with Gasteiger partial charge < -0.3 is 34.4 Å². The van der Waals surface area contributed by atoms with Gasteiger partial charge in [0.2, 0.25) is 0 Å². The summed E-state index contributed by atoms with van der Waals surface area (Å²) in [5.74, 6) is 0.803.